The third-order valence-electron chi connectivity index (χ3n) is 1.72. The Kier molecular flexibility index (Phi) is 4.49. The zero-order valence-corrected chi connectivity index (χ0v) is 8.00. The standard InChI is InChI=1S/C12H10S.H4Si/c1-3-7-11(8-4-1)13-12-9-5-2-6-10-12;/h1-10H;1H4. The minimum absolute atomic E-state index is 0. The van der Waals surface area contributed by atoms with Gasteiger partial charge >= 0.3 is 0 Å². The second-order valence-corrected chi connectivity index (χ2v) is 3.88. The molecule has 0 unspecified atom stereocenters. The Hall–Kier alpha value is -0.993. The van der Waals surface area contributed by atoms with Gasteiger partial charge in [-0.3, -0.25) is 0 Å². The van der Waals surface area contributed by atoms with Crippen LogP contribution in [0.15, 0.2) is 70.5 Å². The molecule has 2 rings (SSSR count). The molecule has 0 saturated carbocycles. The highest BCUT2D eigenvalue weighted by Gasteiger charge is 1.93. The van der Waals surface area contributed by atoms with E-state index in [0.29, 0.717) is 0 Å². The highest BCUT2D eigenvalue weighted by molar-refractivity contribution is 7.99. The molecule has 2 aromatic rings. The highest BCUT2D eigenvalue weighted by Crippen LogP contribution is 2.26. The average Bonchev–Trinajstić information content (AvgIpc) is 2.21. The van der Waals surface area contributed by atoms with E-state index in [1.54, 1.807) is 11.8 Å². The molecule has 14 heavy (non-hydrogen) atoms. The number of benzene rings is 2. The fraction of sp³-hybridized carbons (Fsp3) is 0. The van der Waals surface area contributed by atoms with Crippen LogP contribution in [-0.2, 0) is 0 Å². The van der Waals surface area contributed by atoms with Crippen molar-refractivity contribution < 1.29 is 0 Å². The fourth-order valence-electron chi connectivity index (χ4n) is 1.11. The monoisotopic (exact) mass is 218 g/mol. The maximum atomic E-state index is 2.12. The second-order valence-electron chi connectivity index (χ2n) is 2.73. The lowest BCUT2D eigenvalue weighted by molar-refractivity contribution is 1.41. The van der Waals surface area contributed by atoms with Crippen molar-refractivity contribution in [3.63, 3.8) is 0 Å². The summed E-state index contributed by atoms with van der Waals surface area (Å²) in [7, 11) is 0. The van der Waals surface area contributed by atoms with Gasteiger partial charge in [-0.1, -0.05) is 48.2 Å². The molecule has 0 atom stereocenters. The maximum absolute atomic E-state index is 2.12. The predicted molar refractivity (Wildman–Crippen MR) is 68.3 cm³/mol. The van der Waals surface area contributed by atoms with Crippen LogP contribution in [0.5, 0.6) is 0 Å². The van der Waals surface area contributed by atoms with Crippen molar-refractivity contribution in [2.45, 2.75) is 9.79 Å². The molecule has 0 saturated heterocycles. The van der Waals surface area contributed by atoms with Crippen LogP contribution in [0, 0.1) is 0 Å². The normalized spacial score (nSPS) is 9.14. The molecule has 2 heteroatoms. The van der Waals surface area contributed by atoms with Crippen LogP contribution in [0.3, 0.4) is 0 Å². The van der Waals surface area contributed by atoms with Crippen LogP contribution in [0.4, 0.5) is 0 Å². The quantitative estimate of drug-likeness (QED) is 0.698. The molecule has 0 aromatic heterocycles. The molecular formula is C12H14SSi. The maximum Gasteiger partial charge on any atom is 0.0122 e. The van der Waals surface area contributed by atoms with Gasteiger partial charge in [-0.05, 0) is 35.2 Å². The Balaban J connectivity index is 0.000000980. The van der Waals surface area contributed by atoms with Gasteiger partial charge in [-0.15, -0.1) is 0 Å². The fourth-order valence-corrected chi connectivity index (χ4v) is 1.97. The van der Waals surface area contributed by atoms with Crippen molar-refractivity contribution in [3.8, 4) is 0 Å². The second kappa shape index (κ2) is 5.68. The van der Waals surface area contributed by atoms with Crippen LogP contribution in [0.25, 0.3) is 0 Å². The van der Waals surface area contributed by atoms with Gasteiger partial charge < -0.3 is 0 Å². The smallest absolute Gasteiger partial charge is 0.0122 e. The lowest BCUT2D eigenvalue weighted by atomic mass is 10.4. The Morgan fingerprint density at radius 2 is 0.929 bits per heavy atom. The number of hydrogen-bond acceptors (Lipinski definition) is 1. The number of rotatable bonds is 2. The van der Waals surface area contributed by atoms with Crippen molar-refractivity contribution in [2.24, 2.45) is 0 Å². The van der Waals surface area contributed by atoms with Crippen LogP contribution in [-0.4, -0.2) is 11.0 Å². The molecule has 2 aromatic carbocycles. The molecule has 0 aliphatic carbocycles. The largest absolute Gasteiger partial charge is 0.0901 e. The third-order valence-corrected chi connectivity index (χ3v) is 2.74. The van der Waals surface area contributed by atoms with Crippen LogP contribution in [0.1, 0.15) is 0 Å². The predicted octanol–water partition coefficient (Wildman–Crippen LogP) is 2.39. The summed E-state index contributed by atoms with van der Waals surface area (Å²) in [6, 6.07) is 20.8. The summed E-state index contributed by atoms with van der Waals surface area (Å²) in [6.45, 7) is 0. The summed E-state index contributed by atoms with van der Waals surface area (Å²) in [5.74, 6) is 0. The summed E-state index contributed by atoms with van der Waals surface area (Å²) >= 11 is 1.79. The van der Waals surface area contributed by atoms with Gasteiger partial charge in [-0.25, -0.2) is 0 Å². The summed E-state index contributed by atoms with van der Waals surface area (Å²) < 4.78 is 0. The zero-order chi connectivity index (χ0) is 8.93. The first-order valence-electron chi connectivity index (χ1n) is 4.23. The van der Waals surface area contributed by atoms with Crippen molar-refractivity contribution in [2.75, 3.05) is 0 Å². The van der Waals surface area contributed by atoms with E-state index in [1.165, 1.54) is 9.79 Å². The van der Waals surface area contributed by atoms with E-state index in [0.717, 1.165) is 0 Å². The van der Waals surface area contributed by atoms with E-state index in [1.807, 2.05) is 12.1 Å². The van der Waals surface area contributed by atoms with E-state index in [-0.39, 0.29) is 11.0 Å². The Morgan fingerprint density at radius 3 is 1.29 bits per heavy atom. The van der Waals surface area contributed by atoms with E-state index in [4.69, 9.17) is 0 Å². The number of hydrogen-bond donors (Lipinski definition) is 0. The van der Waals surface area contributed by atoms with Crippen molar-refractivity contribution >= 4 is 22.7 Å². The molecule has 0 amide bonds. The molecule has 0 spiro atoms. The topological polar surface area (TPSA) is 0 Å². The average molecular weight is 218 g/mol. The first kappa shape index (κ1) is 11.1. The zero-order valence-electron chi connectivity index (χ0n) is 7.18. The molecule has 0 N–H and O–H groups in total. The molecule has 0 bridgehead atoms. The minimum Gasteiger partial charge on any atom is -0.0901 e. The summed E-state index contributed by atoms with van der Waals surface area (Å²) in [5.41, 5.74) is 0. The molecule has 0 aliphatic rings. The van der Waals surface area contributed by atoms with Gasteiger partial charge in [0.05, 0.1) is 0 Å². The lowest BCUT2D eigenvalue weighted by Crippen LogP contribution is -1.70. The molecule has 72 valence electrons. The molecule has 0 fully saturated rings. The molecule has 0 aliphatic heterocycles. The van der Waals surface area contributed by atoms with Crippen LogP contribution in [0.2, 0.25) is 0 Å². The summed E-state index contributed by atoms with van der Waals surface area (Å²) in [5, 5.41) is 0. The first-order chi connectivity index (χ1) is 6.45. The van der Waals surface area contributed by atoms with Crippen molar-refractivity contribution in [1.29, 1.82) is 0 Å². The van der Waals surface area contributed by atoms with E-state index in [9.17, 15) is 0 Å². The summed E-state index contributed by atoms with van der Waals surface area (Å²) in [6.07, 6.45) is 0. The SMILES string of the molecule is [SiH4].c1ccc(Sc2ccccc2)cc1. The van der Waals surface area contributed by atoms with Gasteiger partial charge in [0.25, 0.3) is 0 Å². The highest BCUT2D eigenvalue weighted by atomic mass is 32.2. The lowest BCUT2D eigenvalue weighted by Gasteiger charge is -1.99. The van der Waals surface area contributed by atoms with Crippen molar-refractivity contribution in [3.05, 3.63) is 60.7 Å². The summed E-state index contributed by atoms with van der Waals surface area (Å²) in [4.78, 5) is 2.57. The van der Waals surface area contributed by atoms with Gasteiger partial charge in [0.1, 0.15) is 0 Å². The van der Waals surface area contributed by atoms with Crippen LogP contribution >= 0.6 is 11.8 Å². The Bertz CT molecular complexity index is 321. The van der Waals surface area contributed by atoms with E-state index >= 15 is 0 Å². The van der Waals surface area contributed by atoms with Gasteiger partial charge in [-0.2, -0.15) is 0 Å². The van der Waals surface area contributed by atoms with Gasteiger partial charge in [0, 0.05) is 9.79 Å². The first-order valence-corrected chi connectivity index (χ1v) is 5.05. The minimum atomic E-state index is 0. The molecule has 0 nitrogen and oxygen atoms in total. The molecule has 0 heterocycles. The van der Waals surface area contributed by atoms with E-state index < -0.39 is 0 Å². The molecule has 0 radical (unpaired) electrons. The van der Waals surface area contributed by atoms with E-state index in [2.05, 4.69) is 48.5 Å². The van der Waals surface area contributed by atoms with Crippen molar-refractivity contribution in [1.82, 2.24) is 0 Å². The third kappa shape index (κ3) is 3.05. The Morgan fingerprint density at radius 1 is 0.571 bits per heavy atom. The van der Waals surface area contributed by atoms with Crippen LogP contribution < -0.4 is 0 Å². The van der Waals surface area contributed by atoms with Gasteiger partial charge in [0.15, 0.2) is 0 Å². The molecular weight excluding hydrogens is 204 g/mol. The Labute approximate surface area is 93.4 Å². The van der Waals surface area contributed by atoms with Gasteiger partial charge in [0.2, 0.25) is 0 Å².